The van der Waals surface area contributed by atoms with E-state index in [1.807, 2.05) is 4.68 Å². The molecule has 0 saturated heterocycles. The standard InChI is InChI=1S/C12H22N4/c1-2-7-13-8-12-10-16(15-14-12)9-11-5-3-4-6-11/h10-11,13H,2-9H2,1H3. The first-order valence-corrected chi connectivity index (χ1v) is 6.48. The topological polar surface area (TPSA) is 42.7 Å². The number of hydrogen-bond acceptors (Lipinski definition) is 3. The molecule has 0 amide bonds. The largest absolute Gasteiger partial charge is 0.311 e. The fraction of sp³-hybridized carbons (Fsp3) is 0.833. The lowest BCUT2D eigenvalue weighted by Crippen LogP contribution is -2.14. The summed E-state index contributed by atoms with van der Waals surface area (Å²) in [5.74, 6) is 0.832. The first-order valence-electron chi connectivity index (χ1n) is 6.48. The summed E-state index contributed by atoms with van der Waals surface area (Å²) in [7, 11) is 0. The van der Waals surface area contributed by atoms with Gasteiger partial charge in [-0.25, -0.2) is 0 Å². The van der Waals surface area contributed by atoms with Crippen LogP contribution < -0.4 is 5.32 Å². The van der Waals surface area contributed by atoms with Crippen molar-refractivity contribution in [2.24, 2.45) is 5.92 Å². The van der Waals surface area contributed by atoms with Crippen LogP contribution in [0, 0.1) is 5.92 Å². The van der Waals surface area contributed by atoms with Crippen LogP contribution in [0.15, 0.2) is 6.20 Å². The predicted molar refractivity (Wildman–Crippen MR) is 64.0 cm³/mol. The molecule has 1 heterocycles. The van der Waals surface area contributed by atoms with Gasteiger partial charge in [0.1, 0.15) is 0 Å². The van der Waals surface area contributed by atoms with Crippen molar-refractivity contribution in [3.05, 3.63) is 11.9 Å². The third-order valence-electron chi connectivity index (χ3n) is 3.24. The number of nitrogens with one attached hydrogen (secondary N) is 1. The summed E-state index contributed by atoms with van der Waals surface area (Å²) in [6, 6.07) is 0. The highest BCUT2D eigenvalue weighted by molar-refractivity contribution is 4.91. The van der Waals surface area contributed by atoms with Gasteiger partial charge in [0.25, 0.3) is 0 Å². The lowest BCUT2D eigenvalue weighted by atomic mass is 10.1. The fourth-order valence-corrected chi connectivity index (χ4v) is 2.36. The summed E-state index contributed by atoms with van der Waals surface area (Å²) < 4.78 is 2.01. The summed E-state index contributed by atoms with van der Waals surface area (Å²) >= 11 is 0. The zero-order valence-corrected chi connectivity index (χ0v) is 10.2. The van der Waals surface area contributed by atoms with Gasteiger partial charge in [-0.05, 0) is 31.7 Å². The van der Waals surface area contributed by atoms with E-state index < -0.39 is 0 Å². The SMILES string of the molecule is CCCNCc1cn(CC2CCCC2)nn1. The van der Waals surface area contributed by atoms with Gasteiger partial charge in [-0.2, -0.15) is 0 Å². The number of aromatic nitrogens is 3. The summed E-state index contributed by atoms with van der Waals surface area (Å²) in [6.07, 6.45) is 8.76. The van der Waals surface area contributed by atoms with E-state index >= 15 is 0 Å². The van der Waals surface area contributed by atoms with Crippen LogP contribution in [0.3, 0.4) is 0 Å². The van der Waals surface area contributed by atoms with E-state index in [9.17, 15) is 0 Å². The first kappa shape index (κ1) is 11.6. The average molecular weight is 222 g/mol. The van der Waals surface area contributed by atoms with Crippen LogP contribution in [0.5, 0.6) is 0 Å². The van der Waals surface area contributed by atoms with E-state index in [0.29, 0.717) is 0 Å². The maximum atomic E-state index is 4.19. The molecular formula is C12H22N4. The minimum absolute atomic E-state index is 0.832. The number of rotatable bonds is 6. The highest BCUT2D eigenvalue weighted by atomic mass is 15.4. The highest BCUT2D eigenvalue weighted by Crippen LogP contribution is 2.25. The molecule has 0 aliphatic heterocycles. The van der Waals surface area contributed by atoms with E-state index in [-0.39, 0.29) is 0 Å². The van der Waals surface area contributed by atoms with Crippen LogP contribution in [0.4, 0.5) is 0 Å². The lowest BCUT2D eigenvalue weighted by molar-refractivity contribution is 0.421. The molecule has 1 fully saturated rings. The van der Waals surface area contributed by atoms with Gasteiger partial charge in [0.05, 0.1) is 5.69 Å². The molecule has 1 aliphatic rings. The molecule has 0 spiro atoms. The Morgan fingerprint density at radius 1 is 1.44 bits per heavy atom. The second kappa shape index (κ2) is 5.99. The van der Waals surface area contributed by atoms with Crippen molar-refractivity contribution in [2.45, 2.75) is 52.1 Å². The Hall–Kier alpha value is -0.900. The monoisotopic (exact) mass is 222 g/mol. The molecule has 0 unspecified atom stereocenters. The summed E-state index contributed by atoms with van der Waals surface area (Å²) in [6.45, 7) is 5.12. The normalized spacial score (nSPS) is 17.1. The van der Waals surface area contributed by atoms with Gasteiger partial charge in [-0.15, -0.1) is 5.10 Å². The minimum Gasteiger partial charge on any atom is -0.311 e. The third-order valence-corrected chi connectivity index (χ3v) is 3.24. The van der Waals surface area contributed by atoms with E-state index in [0.717, 1.165) is 37.7 Å². The maximum Gasteiger partial charge on any atom is 0.0964 e. The average Bonchev–Trinajstić information content (AvgIpc) is 2.91. The van der Waals surface area contributed by atoms with Gasteiger partial charge in [0, 0.05) is 19.3 Å². The van der Waals surface area contributed by atoms with Crippen molar-refractivity contribution in [1.82, 2.24) is 20.3 Å². The van der Waals surface area contributed by atoms with E-state index in [4.69, 9.17) is 0 Å². The molecule has 1 aromatic rings. The molecule has 4 heteroatoms. The molecule has 0 radical (unpaired) electrons. The molecule has 1 aliphatic carbocycles. The van der Waals surface area contributed by atoms with Crippen LogP contribution in [-0.2, 0) is 13.1 Å². The highest BCUT2D eigenvalue weighted by Gasteiger charge is 2.15. The molecule has 0 bridgehead atoms. The van der Waals surface area contributed by atoms with E-state index in [1.165, 1.54) is 25.7 Å². The molecular weight excluding hydrogens is 200 g/mol. The summed E-state index contributed by atoms with van der Waals surface area (Å²) in [5.41, 5.74) is 1.06. The van der Waals surface area contributed by atoms with Gasteiger partial charge in [-0.3, -0.25) is 4.68 Å². The molecule has 4 nitrogen and oxygen atoms in total. The Bertz CT molecular complexity index is 302. The van der Waals surface area contributed by atoms with Gasteiger partial charge >= 0.3 is 0 Å². The molecule has 16 heavy (non-hydrogen) atoms. The van der Waals surface area contributed by atoms with Crippen molar-refractivity contribution >= 4 is 0 Å². The van der Waals surface area contributed by atoms with Gasteiger partial charge in [-0.1, -0.05) is 25.0 Å². The Kier molecular flexibility index (Phi) is 4.34. The van der Waals surface area contributed by atoms with Crippen LogP contribution >= 0.6 is 0 Å². The Labute approximate surface area is 97.4 Å². The molecule has 1 N–H and O–H groups in total. The minimum atomic E-state index is 0.832. The molecule has 1 saturated carbocycles. The molecule has 90 valence electrons. The van der Waals surface area contributed by atoms with Crippen molar-refractivity contribution in [2.75, 3.05) is 6.54 Å². The zero-order chi connectivity index (χ0) is 11.2. The second-order valence-electron chi connectivity index (χ2n) is 4.76. The Morgan fingerprint density at radius 3 is 3.00 bits per heavy atom. The second-order valence-corrected chi connectivity index (χ2v) is 4.76. The van der Waals surface area contributed by atoms with Crippen LogP contribution in [0.1, 0.15) is 44.7 Å². The van der Waals surface area contributed by atoms with Crippen molar-refractivity contribution < 1.29 is 0 Å². The van der Waals surface area contributed by atoms with Crippen LogP contribution in [-0.4, -0.2) is 21.5 Å². The lowest BCUT2D eigenvalue weighted by Gasteiger charge is -2.06. The smallest absolute Gasteiger partial charge is 0.0964 e. The molecule has 1 aromatic heterocycles. The van der Waals surface area contributed by atoms with Crippen LogP contribution in [0.2, 0.25) is 0 Å². The number of hydrogen-bond donors (Lipinski definition) is 1. The Morgan fingerprint density at radius 2 is 2.25 bits per heavy atom. The molecule has 0 aromatic carbocycles. The third kappa shape index (κ3) is 3.30. The Balaban J connectivity index is 1.77. The zero-order valence-electron chi connectivity index (χ0n) is 10.2. The summed E-state index contributed by atoms with van der Waals surface area (Å²) in [4.78, 5) is 0. The molecule has 2 rings (SSSR count). The fourth-order valence-electron chi connectivity index (χ4n) is 2.36. The van der Waals surface area contributed by atoms with Gasteiger partial charge in [0.2, 0.25) is 0 Å². The quantitative estimate of drug-likeness (QED) is 0.748. The van der Waals surface area contributed by atoms with Gasteiger partial charge < -0.3 is 5.32 Å². The first-order chi connectivity index (χ1) is 7.88. The van der Waals surface area contributed by atoms with Gasteiger partial charge in [0.15, 0.2) is 0 Å². The van der Waals surface area contributed by atoms with Crippen LogP contribution in [0.25, 0.3) is 0 Å². The molecule has 0 atom stereocenters. The van der Waals surface area contributed by atoms with Crippen molar-refractivity contribution in [3.63, 3.8) is 0 Å². The maximum absolute atomic E-state index is 4.19. The van der Waals surface area contributed by atoms with Crippen molar-refractivity contribution in [1.29, 1.82) is 0 Å². The van der Waals surface area contributed by atoms with E-state index in [1.54, 1.807) is 0 Å². The number of nitrogens with zero attached hydrogens (tertiary/aromatic N) is 3. The van der Waals surface area contributed by atoms with Crippen molar-refractivity contribution in [3.8, 4) is 0 Å². The van der Waals surface area contributed by atoms with E-state index in [2.05, 4.69) is 28.7 Å². The summed E-state index contributed by atoms with van der Waals surface area (Å²) in [5, 5.41) is 11.7. The predicted octanol–water partition coefficient (Wildman–Crippen LogP) is 1.97.